The van der Waals surface area contributed by atoms with Gasteiger partial charge in [-0.1, -0.05) is 72.3 Å². The molecule has 0 aliphatic rings. The lowest BCUT2D eigenvalue weighted by molar-refractivity contribution is 1.58. The van der Waals surface area contributed by atoms with Crippen molar-refractivity contribution in [2.45, 2.75) is 0 Å². The van der Waals surface area contributed by atoms with Crippen molar-refractivity contribution in [3.63, 3.8) is 0 Å². The summed E-state index contributed by atoms with van der Waals surface area (Å²) in [6, 6.07) is 24.0. The van der Waals surface area contributed by atoms with E-state index in [0.29, 0.717) is 10.7 Å². The van der Waals surface area contributed by atoms with Crippen LogP contribution in [0.3, 0.4) is 0 Å². The molecule has 0 saturated heterocycles. The standard InChI is InChI=1S/C18H14ClN/c19-16-11-6-12-17(20)18(16)15-10-5-4-9-14(15)13-7-2-1-3-8-13/h1-12H,20H2. The third kappa shape index (κ3) is 2.28. The van der Waals surface area contributed by atoms with Crippen LogP contribution in [0, 0.1) is 0 Å². The number of rotatable bonds is 2. The molecule has 1 nitrogen and oxygen atoms in total. The van der Waals surface area contributed by atoms with Crippen molar-refractivity contribution in [3.05, 3.63) is 77.8 Å². The largest absolute Gasteiger partial charge is 0.398 e. The predicted molar refractivity (Wildman–Crippen MR) is 86.7 cm³/mol. The van der Waals surface area contributed by atoms with E-state index in [1.165, 1.54) is 0 Å². The van der Waals surface area contributed by atoms with Gasteiger partial charge < -0.3 is 5.73 Å². The summed E-state index contributed by atoms with van der Waals surface area (Å²) in [6.45, 7) is 0. The Kier molecular flexibility index (Phi) is 3.44. The molecule has 98 valence electrons. The van der Waals surface area contributed by atoms with E-state index in [4.69, 9.17) is 17.3 Å². The van der Waals surface area contributed by atoms with Crippen molar-refractivity contribution < 1.29 is 0 Å². The Hall–Kier alpha value is -2.25. The molecular weight excluding hydrogens is 266 g/mol. The Bertz CT molecular complexity index is 715. The zero-order valence-corrected chi connectivity index (χ0v) is 11.6. The van der Waals surface area contributed by atoms with Gasteiger partial charge in [0.05, 0.1) is 5.02 Å². The molecule has 0 aromatic heterocycles. The van der Waals surface area contributed by atoms with Gasteiger partial charge in [-0.25, -0.2) is 0 Å². The van der Waals surface area contributed by atoms with Crippen molar-refractivity contribution in [1.29, 1.82) is 0 Å². The number of hydrogen-bond acceptors (Lipinski definition) is 1. The quantitative estimate of drug-likeness (QED) is 0.637. The van der Waals surface area contributed by atoms with Gasteiger partial charge in [-0.15, -0.1) is 0 Å². The monoisotopic (exact) mass is 279 g/mol. The van der Waals surface area contributed by atoms with E-state index in [2.05, 4.69) is 24.3 Å². The lowest BCUT2D eigenvalue weighted by Gasteiger charge is -2.13. The second-order valence-electron chi connectivity index (χ2n) is 4.62. The molecule has 2 heteroatoms. The maximum absolute atomic E-state index is 6.34. The van der Waals surface area contributed by atoms with E-state index >= 15 is 0 Å². The number of halogens is 1. The van der Waals surface area contributed by atoms with Crippen LogP contribution in [0.4, 0.5) is 5.69 Å². The smallest absolute Gasteiger partial charge is 0.0505 e. The highest BCUT2D eigenvalue weighted by Crippen LogP contribution is 2.39. The summed E-state index contributed by atoms with van der Waals surface area (Å²) in [7, 11) is 0. The second-order valence-corrected chi connectivity index (χ2v) is 5.02. The number of benzene rings is 3. The lowest BCUT2D eigenvalue weighted by Crippen LogP contribution is -1.92. The summed E-state index contributed by atoms with van der Waals surface area (Å²) < 4.78 is 0. The minimum absolute atomic E-state index is 0.674. The third-order valence-electron chi connectivity index (χ3n) is 3.33. The van der Waals surface area contributed by atoms with Gasteiger partial charge in [-0.2, -0.15) is 0 Å². The van der Waals surface area contributed by atoms with Crippen LogP contribution in [-0.2, 0) is 0 Å². The first-order chi connectivity index (χ1) is 9.77. The van der Waals surface area contributed by atoms with Gasteiger partial charge in [-0.3, -0.25) is 0 Å². The molecule has 0 aliphatic carbocycles. The molecule has 0 aliphatic heterocycles. The van der Waals surface area contributed by atoms with E-state index in [-0.39, 0.29) is 0 Å². The molecule has 0 unspecified atom stereocenters. The highest BCUT2D eigenvalue weighted by molar-refractivity contribution is 6.34. The highest BCUT2D eigenvalue weighted by Gasteiger charge is 2.12. The van der Waals surface area contributed by atoms with Gasteiger partial charge in [0, 0.05) is 11.3 Å². The van der Waals surface area contributed by atoms with Crippen molar-refractivity contribution in [1.82, 2.24) is 0 Å². The van der Waals surface area contributed by atoms with Crippen LogP contribution < -0.4 is 5.73 Å². The summed E-state index contributed by atoms with van der Waals surface area (Å²) in [5.41, 5.74) is 11.1. The van der Waals surface area contributed by atoms with E-state index in [9.17, 15) is 0 Å². The van der Waals surface area contributed by atoms with Crippen molar-refractivity contribution in [3.8, 4) is 22.3 Å². The van der Waals surface area contributed by atoms with E-state index in [0.717, 1.165) is 22.3 Å². The van der Waals surface area contributed by atoms with Gasteiger partial charge in [0.15, 0.2) is 0 Å². The molecule has 0 spiro atoms. The third-order valence-corrected chi connectivity index (χ3v) is 3.64. The SMILES string of the molecule is Nc1cccc(Cl)c1-c1ccccc1-c1ccccc1. The molecule has 3 rings (SSSR count). The molecule has 3 aromatic carbocycles. The number of anilines is 1. The first kappa shape index (κ1) is 12.8. The second kappa shape index (κ2) is 5.40. The summed E-state index contributed by atoms with van der Waals surface area (Å²) in [5, 5.41) is 0.674. The number of nitrogen functional groups attached to an aromatic ring is 1. The van der Waals surface area contributed by atoms with Gasteiger partial charge >= 0.3 is 0 Å². The van der Waals surface area contributed by atoms with Crippen LogP contribution >= 0.6 is 11.6 Å². The number of nitrogens with two attached hydrogens (primary N) is 1. The fourth-order valence-corrected chi connectivity index (χ4v) is 2.68. The summed E-state index contributed by atoms with van der Waals surface area (Å²) in [6.07, 6.45) is 0. The fraction of sp³-hybridized carbons (Fsp3) is 0. The van der Waals surface area contributed by atoms with Crippen LogP contribution in [-0.4, -0.2) is 0 Å². The normalized spacial score (nSPS) is 10.4. The van der Waals surface area contributed by atoms with Crippen LogP contribution in [0.5, 0.6) is 0 Å². The Morgan fingerprint density at radius 2 is 1.30 bits per heavy atom. The van der Waals surface area contributed by atoms with Crippen molar-refractivity contribution in [2.24, 2.45) is 0 Å². The Balaban J connectivity index is 2.26. The minimum atomic E-state index is 0.674. The molecular formula is C18H14ClN. The summed E-state index contributed by atoms with van der Waals surface area (Å²) in [5.74, 6) is 0. The Morgan fingerprint density at radius 3 is 2.00 bits per heavy atom. The lowest BCUT2D eigenvalue weighted by atomic mass is 9.94. The molecule has 0 amide bonds. The highest BCUT2D eigenvalue weighted by atomic mass is 35.5. The fourth-order valence-electron chi connectivity index (χ4n) is 2.40. The average molecular weight is 280 g/mol. The predicted octanol–water partition coefficient (Wildman–Crippen LogP) is 5.26. The van der Waals surface area contributed by atoms with E-state index in [1.54, 1.807) is 0 Å². The Morgan fingerprint density at radius 1 is 0.650 bits per heavy atom. The number of hydrogen-bond donors (Lipinski definition) is 1. The van der Waals surface area contributed by atoms with Crippen molar-refractivity contribution in [2.75, 3.05) is 5.73 Å². The summed E-state index contributed by atoms with van der Waals surface area (Å²) in [4.78, 5) is 0. The molecule has 3 aromatic rings. The Labute approximate surface area is 123 Å². The molecule has 0 radical (unpaired) electrons. The van der Waals surface area contributed by atoms with Crippen LogP contribution in [0.25, 0.3) is 22.3 Å². The first-order valence-corrected chi connectivity index (χ1v) is 6.84. The first-order valence-electron chi connectivity index (χ1n) is 6.46. The van der Waals surface area contributed by atoms with Gasteiger partial charge in [-0.05, 0) is 28.8 Å². The van der Waals surface area contributed by atoms with Gasteiger partial charge in [0.2, 0.25) is 0 Å². The maximum atomic E-state index is 6.34. The van der Waals surface area contributed by atoms with Gasteiger partial charge in [0.1, 0.15) is 0 Å². The summed E-state index contributed by atoms with van der Waals surface area (Å²) >= 11 is 6.34. The minimum Gasteiger partial charge on any atom is -0.398 e. The average Bonchev–Trinajstić information content (AvgIpc) is 2.48. The molecule has 0 saturated carbocycles. The van der Waals surface area contributed by atoms with Crippen LogP contribution in [0.15, 0.2) is 72.8 Å². The van der Waals surface area contributed by atoms with Crippen LogP contribution in [0.2, 0.25) is 5.02 Å². The maximum Gasteiger partial charge on any atom is 0.0505 e. The van der Waals surface area contributed by atoms with Gasteiger partial charge in [0.25, 0.3) is 0 Å². The van der Waals surface area contributed by atoms with Crippen LogP contribution in [0.1, 0.15) is 0 Å². The zero-order chi connectivity index (χ0) is 13.9. The molecule has 0 bridgehead atoms. The van der Waals surface area contributed by atoms with Crippen molar-refractivity contribution >= 4 is 17.3 Å². The van der Waals surface area contributed by atoms with E-state index in [1.807, 2.05) is 48.5 Å². The molecule has 0 heterocycles. The zero-order valence-electron chi connectivity index (χ0n) is 10.9. The molecule has 2 N–H and O–H groups in total. The molecule has 0 atom stereocenters. The molecule has 0 fully saturated rings. The topological polar surface area (TPSA) is 26.0 Å². The van der Waals surface area contributed by atoms with E-state index < -0.39 is 0 Å². The molecule has 20 heavy (non-hydrogen) atoms.